The van der Waals surface area contributed by atoms with Gasteiger partial charge in [0.15, 0.2) is 6.10 Å². The first-order valence-corrected chi connectivity index (χ1v) is 14.1. The lowest BCUT2D eigenvalue weighted by molar-refractivity contribution is -0.151. The van der Waals surface area contributed by atoms with Gasteiger partial charge in [0.1, 0.15) is 11.5 Å². The lowest BCUT2D eigenvalue weighted by Crippen LogP contribution is -2.32. The van der Waals surface area contributed by atoms with Crippen LogP contribution in [0, 0.1) is 5.92 Å². The summed E-state index contributed by atoms with van der Waals surface area (Å²) in [7, 11) is 0. The van der Waals surface area contributed by atoms with E-state index in [1.54, 1.807) is 53.4 Å². The molecule has 0 spiro atoms. The first kappa shape index (κ1) is 28.4. The van der Waals surface area contributed by atoms with Crippen molar-refractivity contribution < 1.29 is 23.9 Å². The predicted octanol–water partition coefficient (Wildman–Crippen LogP) is 7.58. The van der Waals surface area contributed by atoms with Crippen molar-refractivity contribution in [3.8, 4) is 22.6 Å². The third-order valence-corrected chi connectivity index (χ3v) is 7.33. The summed E-state index contributed by atoms with van der Waals surface area (Å²) in [6.45, 7) is 0.150. The number of anilines is 1. The van der Waals surface area contributed by atoms with E-state index in [4.69, 9.17) is 32.7 Å². The molecular weight excluding hydrogens is 561 g/mol. The summed E-state index contributed by atoms with van der Waals surface area (Å²) in [5, 5.41) is 0.494. The zero-order chi connectivity index (χ0) is 28.8. The van der Waals surface area contributed by atoms with Gasteiger partial charge in [-0.15, -0.1) is 11.6 Å². The molecule has 1 heterocycles. The Morgan fingerprint density at radius 2 is 1.56 bits per heavy atom. The van der Waals surface area contributed by atoms with Crippen LogP contribution < -0.4 is 9.64 Å². The van der Waals surface area contributed by atoms with Gasteiger partial charge in [0.05, 0.1) is 5.92 Å². The minimum absolute atomic E-state index is 0.00966. The minimum Gasteiger partial charge on any atom is -0.457 e. The van der Waals surface area contributed by atoms with Crippen LogP contribution in [0.15, 0.2) is 103 Å². The van der Waals surface area contributed by atoms with Gasteiger partial charge in [-0.05, 0) is 60.2 Å². The van der Waals surface area contributed by atoms with E-state index in [1.165, 1.54) is 0 Å². The Morgan fingerprint density at radius 3 is 2.27 bits per heavy atom. The van der Waals surface area contributed by atoms with Crippen LogP contribution in [0.25, 0.3) is 11.1 Å². The second kappa shape index (κ2) is 13.0. The van der Waals surface area contributed by atoms with Gasteiger partial charge in [-0.2, -0.15) is 0 Å². The number of alkyl halides is 1. The monoisotopic (exact) mass is 587 g/mol. The Bertz CT molecular complexity index is 1520. The summed E-state index contributed by atoms with van der Waals surface area (Å²) < 4.78 is 11.8. The maximum absolute atomic E-state index is 13.0. The average molecular weight is 588 g/mol. The first-order valence-electron chi connectivity index (χ1n) is 13.2. The zero-order valence-electron chi connectivity index (χ0n) is 22.0. The summed E-state index contributed by atoms with van der Waals surface area (Å²) in [6, 6.07) is 31.3. The van der Waals surface area contributed by atoms with E-state index < -0.39 is 18.0 Å². The number of carbonyl (C=O) groups is 3. The summed E-state index contributed by atoms with van der Waals surface area (Å²) in [5.74, 6) is -0.399. The fraction of sp³-hybridized carbons (Fsp3) is 0.182. The molecule has 5 rings (SSSR count). The third kappa shape index (κ3) is 6.79. The molecule has 0 aliphatic carbocycles. The number of amides is 1. The standard InChI is InChI=1S/C33H27Cl2NO5/c34-19-18-30(32(38)23-10-12-25(35)13-11-23)41-33(39)24-20-31(37)36(21-24)26-14-16-27(17-15-26)40-29-9-5-4-8-28(29)22-6-2-1-3-7-22/h1-17,24,30H,18-21H2/t24-,30+/m0/s1. The van der Waals surface area contributed by atoms with Crippen LogP contribution in [0.1, 0.15) is 23.2 Å². The number of nitrogens with zero attached hydrogens (tertiary/aromatic N) is 1. The van der Waals surface area contributed by atoms with E-state index in [-0.39, 0.29) is 37.0 Å². The molecule has 1 fully saturated rings. The minimum atomic E-state index is -1.04. The molecule has 0 unspecified atom stereocenters. The van der Waals surface area contributed by atoms with Crippen LogP contribution >= 0.6 is 23.2 Å². The van der Waals surface area contributed by atoms with Gasteiger partial charge in [0, 0.05) is 47.1 Å². The molecule has 4 aromatic carbocycles. The van der Waals surface area contributed by atoms with Crippen LogP contribution in [-0.4, -0.2) is 36.2 Å². The molecular formula is C33H27Cl2NO5. The number of Topliss-reactive ketones (excluding diaryl/α,β-unsaturated/α-hetero) is 1. The molecule has 1 saturated heterocycles. The molecule has 6 nitrogen and oxygen atoms in total. The van der Waals surface area contributed by atoms with E-state index in [0.717, 1.165) is 11.1 Å². The molecule has 8 heteroatoms. The molecule has 2 atom stereocenters. The van der Waals surface area contributed by atoms with E-state index in [2.05, 4.69) is 0 Å². The van der Waals surface area contributed by atoms with Crippen molar-refractivity contribution in [3.63, 3.8) is 0 Å². The Kier molecular flexibility index (Phi) is 9.02. The number of halogens is 2. The lowest BCUT2D eigenvalue weighted by atomic mass is 10.0. The second-order valence-electron chi connectivity index (χ2n) is 9.64. The Morgan fingerprint density at radius 1 is 0.878 bits per heavy atom. The maximum Gasteiger partial charge on any atom is 0.312 e. The molecule has 0 N–H and O–H groups in total. The van der Waals surface area contributed by atoms with Crippen LogP contribution in [0.2, 0.25) is 5.02 Å². The van der Waals surface area contributed by atoms with Crippen molar-refractivity contribution in [3.05, 3.63) is 114 Å². The third-order valence-electron chi connectivity index (χ3n) is 6.86. The smallest absolute Gasteiger partial charge is 0.312 e. The molecule has 4 aromatic rings. The lowest BCUT2D eigenvalue weighted by Gasteiger charge is -2.19. The van der Waals surface area contributed by atoms with Crippen molar-refractivity contribution in [2.45, 2.75) is 18.9 Å². The van der Waals surface area contributed by atoms with E-state index in [0.29, 0.717) is 27.8 Å². The zero-order valence-corrected chi connectivity index (χ0v) is 23.6. The Labute approximate surface area is 248 Å². The number of carbonyl (C=O) groups excluding carboxylic acids is 3. The van der Waals surface area contributed by atoms with Crippen molar-refractivity contribution in [1.82, 2.24) is 0 Å². The molecule has 208 valence electrons. The van der Waals surface area contributed by atoms with Crippen molar-refractivity contribution in [1.29, 1.82) is 0 Å². The molecule has 1 aliphatic rings. The van der Waals surface area contributed by atoms with Gasteiger partial charge in [0.25, 0.3) is 0 Å². The number of rotatable bonds is 10. The Hall–Kier alpha value is -4.13. The van der Waals surface area contributed by atoms with Gasteiger partial charge in [0.2, 0.25) is 11.7 Å². The summed E-state index contributed by atoms with van der Waals surface area (Å²) in [5.41, 5.74) is 3.03. The number of hydrogen-bond acceptors (Lipinski definition) is 5. The molecule has 0 bridgehead atoms. The normalized spacial score (nSPS) is 15.4. The molecule has 0 aromatic heterocycles. The fourth-order valence-corrected chi connectivity index (χ4v) is 5.05. The van der Waals surface area contributed by atoms with Crippen LogP contribution in [0.3, 0.4) is 0 Å². The van der Waals surface area contributed by atoms with Gasteiger partial charge < -0.3 is 14.4 Å². The SMILES string of the molecule is O=C(O[C@H](CCCl)C(=O)c1ccc(Cl)cc1)[C@H]1CC(=O)N(c2ccc(Oc3ccccc3-c3ccccc3)cc2)C1. The molecule has 1 aliphatic heterocycles. The Balaban J connectivity index is 1.24. The highest BCUT2D eigenvalue weighted by Crippen LogP contribution is 2.34. The average Bonchev–Trinajstić information content (AvgIpc) is 3.39. The van der Waals surface area contributed by atoms with Gasteiger partial charge in [-0.25, -0.2) is 0 Å². The summed E-state index contributed by atoms with van der Waals surface area (Å²) >= 11 is 11.8. The molecule has 1 amide bonds. The van der Waals surface area contributed by atoms with Crippen LogP contribution in [0.4, 0.5) is 5.69 Å². The van der Waals surface area contributed by atoms with Gasteiger partial charge >= 0.3 is 5.97 Å². The largest absolute Gasteiger partial charge is 0.457 e. The van der Waals surface area contributed by atoms with E-state index in [9.17, 15) is 14.4 Å². The van der Waals surface area contributed by atoms with Gasteiger partial charge in [-0.1, -0.05) is 60.1 Å². The molecule has 0 radical (unpaired) electrons. The van der Waals surface area contributed by atoms with Gasteiger partial charge in [-0.3, -0.25) is 14.4 Å². The summed E-state index contributed by atoms with van der Waals surface area (Å²) in [6.07, 6.45) is -0.890. The quantitative estimate of drug-likeness (QED) is 0.109. The highest BCUT2D eigenvalue weighted by atomic mass is 35.5. The van der Waals surface area contributed by atoms with Crippen molar-refractivity contribution >= 4 is 46.5 Å². The number of ether oxygens (including phenoxy) is 2. The number of esters is 1. The predicted molar refractivity (Wildman–Crippen MR) is 160 cm³/mol. The second-order valence-corrected chi connectivity index (χ2v) is 10.5. The van der Waals surface area contributed by atoms with E-state index in [1.807, 2.05) is 54.6 Å². The number of para-hydroxylation sites is 1. The topological polar surface area (TPSA) is 72.9 Å². The highest BCUT2D eigenvalue weighted by Gasteiger charge is 2.38. The molecule has 0 saturated carbocycles. The maximum atomic E-state index is 13.0. The fourth-order valence-electron chi connectivity index (χ4n) is 4.73. The van der Waals surface area contributed by atoms with Crippen molar-refractivity contribution in [2.24, 2.45) is 5.92 Å². The first-order chi connectivity index (χ1) is 19.9. The van der Waals surface area contributed by atoms with Crippen LogP contribution in [-0.2, 0) is 14.3 Å². The number of ketones is 1. The van der Waals surface area contributed by atoms with Crippen LogP contribution in [0.5, 0.6) is 11.5 Å². The highest BCUT2D eigenvalue weighted by molar-refractivity contribution is 6.30. The number of hydrogen-bond donors (Lipinski definition) is 0. The van der Waals surface area contributed by atoms with Crippen molar-refractivity contribution in [2.75, 3.05) is 17.3 Å². The van der Waals surface area contributed by atoms with E-state index >= 15 is 0 Å². The number of benzene rings is 4. The molecule has 41 heavy (non-hydrogen) atoms. The summed E-state index contributed by atoms with van der Waals surface area (Å²) in [4.78, 5) is 40.4.